The second kappa shape index (κ2) is 3.05. The van der Waals surface area contributed by atoms with Crippen molar-refractivity contribution in [3.8, 4) is 0 Å². The molecule has 2 heteroatoms. The molecule has 1 nitrogen and oxygen atoms in total. The maximum Gasteiger partial charge on any atom is 0.189 e. The molecule has 60 valence electrons. The Morgan fingerprint density at radius 3 is 2.70 bits per heavy atom. The molecule has 1 aliphatic rings. The van der Waals surface area contributed by atoms with Gasteiger partial charge >= 0.3 is 0 Å². The number of hydrogen-bond donors (Lipinski definition) is 0. The quantitative estimate of drug-likeness (QED) is 0.533. The largest absolute Gasteiger partial charge is 0.414 e. The zero-order chi connectivity index (χ0) is 7.61. The van der Waals surface area contributed by atoms with Crippen molar-refractivity contribution in [3.63, 3.8) is 0 Å². The molecule has 0 aliphatic carbocycles. The lowest BCUT2D eigenvalue weighted by molar-refractivity contribution is 0.176. The second-order valence-corrected chi connectivity index (χ2v) is 7.97. The van der Waals surface area contributed by atoms with E-state index in [2.05, 4.69) is 20.4 Å². The Kier molecular flexibility index (Phi) is 2.53. The Hall–Kier alpha value is 0.177. The molecule has 0 aromatic heterocycles. The first kappa shape index (κ1) is 8.28. The van der Waals surface area contributed by atoms with E-state index in [1.165, 1.54) is 24.9 Å². The van der Waals surface area contributed by atoms with Crippen molar-refractivity contribution in [1.82, 2.24) is 0 Å². The summed E-state index contributed by atoms with van der Waals surface area (Å²) in [6.45, 7) is 6.84. The van der Waals surface area contributed by atoms with Gasteiger partial charge in [0.05, 0.1) is 0 Å². The van der Waals surface area contributed by atoms with E-state index in [1.54, 1.807) is 0 Å². The van der Waals surface area contributed by atoms with Crippen molar-refractivity contribution in [2.45, 2.75) is 51.4 Å². The molecule has 1 rings (SSSR count). The summed E-state index contributed by atoms with van der Waals surface area (Å²) in [6, 6.07) is 2.67. The topological polar surface area (TPSA) is 9.23 Å². The summed E-state index contributed by atoms with van der Waals surface area (Å²) in [4.78, 5) is 0. The normalized spacial score (nSPS) is 41.7. The summed E-state index contributed by atoms with van der Waals surface area (Å²) in [5, 5.41) is 0. The Balaban J connectivity index is 2.45. The van der Waals surface area contributed by atoms with Gasteiger partial charge in [-0.25, -0.2) is 0 Å². The van der Waals surface area contributed by atoms with Gasteiger partial charge in [-0.05, 0) is 32.0 Å². The third kappa shape index (κ3) is 1.83. The van der Waals surface area contributed by atoms with Crippen molar-refractivity contribution in [2.24, 2.45) is 0 Å². The van der Waals surface area contributed by atoms with Gasteiger partial charge in [-0.3, -0.25) is 0 Å². The monoisotopic (exact) mass is 158 g/mol. The lowest BCUT2D eigenvalue weighted by Gasteiger charge is -2.34. The lowest BCUT2D eigenvalue weighted by Crippen LogP contribution is -2.40. The van der Waals surface area contributed by atoms with Crippen LogP contribution in [0.25, 0.3) is 0 Å². The van der Waals surface area contributed by atoms with E-state index in [0.717, 1.165) is 0 Å². The molecule has 0 saturated carbocycles. The van der Waals surface area contributed by atoms with Crippen molar-refractivity contribution in [3.05, 3.63) is 0 Å². The minimum atomic E-state index is -1.17. The van der Waals surface area contributed by atoms with E-state index in [-0.39, 0.29) is 0 Å². The molecule has 0 spiro atoms. The summed E-state index contributed by atoms with van der Waals surface area (Å²) in [5.41, 5.74) is 0. The third-order valence-corrected chi connectivity index (χ3v) is 6.43. The van der Waals surface area contributed by atoms with Crippen LogP contribution in [-0.2, 0) is 4.43 Å². The molecular formula is C8H18OSi. The van der Waals surface area contributed by atoms with Crippen LogP contribution in [0.1, 0.15) is 26.7 Å². The van der Waals surface area contributed by atoms with Gasteiger partial charge in [0, 0.05) is 6.10 Å². The molecule has 10 heavy (non-hydrogen) atoms. The fourth-order valence-corrected chi connectivity index (χ4v) is 4.31. The van der Waals surface area contributed by atoms with Gasteiger partial charge in [-0.2, -0.15) is 0 Å². The highest BCUT2D eigenvalue weighted by molar-refractivity contribution is 6.72. The molecule has 0 radical (unpaired) electrons. The zero-order valence-electron chi connectivity index (χ0n) is 7.31. The highest BCUT2D eigenvalue weighted by Crippen LogP contribution is 2.28. The summed E-state index contributed by atoms with van der Waals surface area (Å²) in [6.07, 6.45) is 3.23. The van der Waals surface area contributed by atoms with Crippen molar-refractivity contribution in [2.75, 3.05) is 0 Å². The van der Waals surface area contributed by atoms with Gasteiger partial charge in [0.1, 0.15) is 0 Å². The highest BCUT2D eigenvalue weighted by atomic mass is 28.4. The minimum Gasteiger partial charge on any atom is -0.414 e. The number of rotatable bonds is 1. The predicted molar refractivity (Wildman–Crippen MR) is 46.7 cm³/mol. The first-order valence-corrected chi connectivity index (χ1v) is 7.16. The van der Waals surface area contributed by atoms with Crippen molar-refractivity contribution in [1.29, 1.82) is 0 Å². The van der Waals surface area contributed by atoms with Crippen LogP contribution in [-0.4, -0.2) is 14.4 Å². The highest BCUT2D eigenvalue weighted by Gasteiger charge is 2.31. The molecule has 0 aromatic rings. The average Bonchev–Trinajstić information content (AvgIpc) is 1.88. The summed E-state index contributed by atoms with van der Waals surface area (Å²) in [5.74, 6) is 0. The molecule has 2 atom stereocenters. The predicted octanol–water partition coefficient (Wildman–Crippen LogP) is 2.78. The lowest BCUT2D eigenvalue weighted by atomic mass is 10.2. The molecule has 0 aromatic carbocycles. The van der Waals surface area contributed by atoms with Crippen LogP contribution in [0.3, 0.4) is 0 Å². The zero-order valence-corrected chi connectivity index (χ0v) is 8.31. The van der Waals surface area contributed by atoms with Crippen LogP contribution in [0.5, 0.6) is 0 Å². The molecule has 0 bridgehead atoms. The van der Waals surface area contributed by atoms with Crippen LogP contribution in [0.4, 0.5) is 0 Å². The second-order valence-electron chi connectivity index (χ2n) is 3.62. The molecule has 0 amide bonds. The summed E-state index contributed by atoms with van der Waals surface area (Å²) >= 11 is 0. The van der Waals surface area contributed by atoms with Crippen LogP contribution in [0.2, 0.25) is 18.6 Å². The van der Waals surface area contributed by atoms with E-state index >= 15 is 0 Å². The smallest absolute Gasteiger partial charge is 0.189 e. The SMILES string of the molecule is CC[Si]1(C)CCCC(C)O1. The van der Waals surface area contributed by atoms with Gasteiger partial charge < -0.3 is 4.43 Å². The van der Waals surface area contributed by atoms with Gasteiger partial charge in [0.15, 0.2) is 8.32 Å². The summed E-state index contributed by atoms with van der Waals surface area (Å²) in [7, 11) is -1.17. The van der Waals surface area contributed by atoms with E-state index in [1.807, 2.05) is 0 Å². The van der Waals surface area contributed by atoms with E-state index in [9.17, 15) is 0 Å². The van der Waals surface area contributed by atoms with Gasteiger partial charge in [0.25, 0.3) is 0 Å². The Morgan fingerprint density at radius 1 is 1.60 bits per heavy atom. The Morgan fingerprint density at radius 2 is 2.30 bits per heavy atom. The molecule has 1 saturated heterocycles. The van der Waals surface area contributed by atoms with Crippen molar-refractivity contribution >= 4 is 8.32 Å². The molecule has 1 aliphatic heterocycles. The number of hydrogen-bond acceptors (Lipinski definition) is 1. The molecule has 1 heterocycles. The fraction of sp³-hybridized carbons (Fsp3) is 1.00. The fourth-order valence-electron chi connectivity index (χ4n) is 1.63. The summed E-state index contributed by atoms with van der Waals surface area (Å²) < 4.78 is 5.96. The van der Waals surface area contributed by atoms with E-state index in [4.69, 9.17) is 4.43 Å². The van der Waals surface area contributed by atoms with E-state index < -0.39 is 8.32 Å². The van der Waals surface area contributed by atoms with Crippen LogP contribution in [0.15, 0.2) is 0 Å². The molecule has 0 N–H and O–H groups in total. The van der Waals surface area contributed by atoms with Gasteiger partial charge in [-0.1, -0.05) is 13.3 Å². The first-order chi connectivity index (χ1) is 4.66. The maximum atomic E-state index is 5.96. The van der Waals surface area contributed by atoms with Crippen LogP contribution in [0, 0.1) is 0 Å². The molecule has 2 unspecified atom stereocenters. The minimum absolute atomic E-state index is 0.547. The molecular weight excluding hydrogens is 140 g/mol. The van der Waals surface area contributed by atoms with Crippen molar-refractivity contribution < 1.29 is 4.43 Å². The van der Waals surface area contributed by atoms with E-state index in [0.29, 0.717) is 6.10 Å². The van der Waals surface area contributed by atoms with Gasteiger partial charge in [0.2, 0.25) is 0 Å². The third-order valence-electron chi connectivity index (χ3n) is 2.55. The van der Waals surface area contributed by atoms with Gasteiger partial charge in [-0.15, -0.1) is 0 Å². The Bertz CT molecular complexity index is 116. The Labute approximate surface area is 64.9 Å². The average molecular weight is 158 g/mol. The van der Waals surface area contributed by atoms with Crippen LogP contribution >= 0.6 is 0 Å². The first-order valence-electron chi connectivity index (χ1n) is 4.34. The van der Waals surface area contributed by atoms with Crippen LogP contribution < -0.4 is 0 Å². The molecule has 1 fully saturated rings. The maximum absolute atomic E-state index is 5.96. The standard InChI is InChI=1S/C8H18OSi/c1-4-10(3)7-5-6-8(2)9-10/h8H,4-7H2,1-3H3.